The molecule has 0 fully saturated rings. The molecule has 0 radical (unpaired) electrons. The van der Waals surface area contributed by atoms with Crippen molar-refractivity contribution in [3.8, 4) is 0 Å². The van der Waals surface area contributed by atoms with Gasteiger partial charge in [-0.15, -0.1) is 0 Å². The van der Waals surface area contributed by atoms with Crippen LogP contribution in [0.3, 0.4) is 0 Å². The molecule has 0 aromatic heterocycles. The Bertz CT molecular complexity index is 6.85. The molecule has 0 bridgehead atoms. The Kier molecular flexibility index (Phi) is 364. The van der Waals surface area contributed by atoms with Gasteiger partial charge >= 0.3 is 34.5 Å². The summed E-state index contributed by atoms with van der Waals surface area (Å²) >= 11 is 4.40. The minimum atomic E-state index is 0. The molecule has 0 aromatic rings. The normalized spacial score (nSPS) is 1.00. The van der Waals surface area contributed by atoms with Crippen molar-refractivity contribution in [3.63, 3.8) is 0 Å². The third-order valence-electron chi connectivity index (χ3n) is 0. The van der Waals surface area contributed by atoms with Crippen molar-refractivity contribution in [1.82, 2.24) is 0 Å². The van der Waals surface area contributed by atoms with Crippen LogP contribution in [0.25, 0.3) is 0 Å². The van der Waals surface area contributed by atoms with Gasteiger partial charge in [0.1, 0.15) is 0 Å². The minimum absolute atomic E-state index is 0. The second-order valence-electron chi connectivity index (χ2n) is 0. The molecule has 0 aliphatic rings. The number of halogens is 1. The average Bonchev–Trinajstić information content (AvgIpc) is 1.00. The second-order valence-corrected chi connectivity index (χ2v) is 0. The van der Waals surface area contributed by atoms with Crippen molar-refractivity contribution < 1.29 is 14.8 Å². The second kappa shape index (κ2) is 55.4. The summed E-state index contributed by atoms with van der Waals surface area (Å²) in [5, 5.41) is 0. The summed E-state index contributed by atoms with van der Waals surface area (Å²) in [6.45, 7) is 0. The van der Waals surface area contributed by atoms with Crippen molar-refractivity contribution in [2.75, 3.05) is 0 Å². The fourth-order valence-corrected chi connectivity index (χ4v) is 0. The zero-order chi connectivity index (χ0) is 2.00. The van der Waals surface area contributed by atoms with E-state index < -0.39 is 0 Å². The van der Waals surface area contributed by atoms with Crippen LogP contribution in [0.15, 0.2) is 0 Å². The van der Waals surface area contributed by atoms with Crippen LogP contribution in [-0.4, -0.2) is 0 Å². The van der Waals surface area contributed by atoms with Crippen LogP contribution < -0.4 is 0 Å². The van der Waals surface area contributed by atoms with Crippen LogP contribution in [0.4, 0.5) is 0 Å². The summed E-state index contributed by atoms with van der Waals surface area (Å²) in [7, 11) is 0. The van der Waals surface area contributed by atoms with Gasteiger partial charge in [-0.3, -0.25) is 0 Å². The Labute approximate surface area is 56.6 Å². The quantitative estimate of drug-likeness (QED) is 0.361. The van der Waals surface area contributed by atoms with Gasteiger partial charge in [-0.2, -0.15) is 0 Å². The standard InChI is InChI=1S/3CH3.HI.Ru/h3*1H3;1H;/q3*-1;;+4/p-1. The van der Waals surface area contributed by atoms with Crippen LogP contribution in [-0.2, 0) is 14.8 Å². The summed E-state index contributed by atoms with van der Waals surface area (Å²) in [6, 6.07) is 0. The Hall–Kier alpha value is 1.35. The summed E-state index contributed by atoms with van der Waals surface area (Å²) in [5.74, 6) is 0. The van der Waals surface area contributed by atoms with Gasteiger partial charge in [-0.05, 0) is 0 Å². The topological polar surface area (TPSA) is 0 Å². The van der Waals surface area contributed by atoms with Crippen LogP contribution in [0, 0.1) is 22.3 Å². The molecular formula is C3H9IRu. The fourth-order valence-electron chi connectivity index (χ4n) is 0. The molecule has 0 rings (SSSR count). The molecule has 0 heterocycles. The van der Waals surface area contributed by atoms with Crippen molar-refractivity contribution >= 4 is 19.8 Å². The van der Waals surface area contributed by atoms with Crippen molar-refractivity contribution in [2.24, 2.45) is 0 Å². The Morgan fingerprint density at radius 1 is 0.800 bits per heavy atom. The van der Waals surface area contributed by atoms with E-state index in [1.54, 1.807) is 0 Å². The first-order valence-corrected chi connectivity index (χ1v) is 5.30. The predicted molar refractivity (Wildman–Crippen MR) is 33.3 cm³/mol. The van der Waals surface area contributed by atoms with E-state index in [0.717, 1.165) is 0 Å². The average molecular weight is 273 g/mol. The van der Waals surface area contributed by atoms with E-state index in [2.05, 4.69) is 34.5 Å². The first kappa shape index (κ1) is 32.9. The van der Waals surface area contributed by atoms with Gasteiger partial charge in [0.25, 0.3) is 0 Å². The van der Waals surface area contributed by atoms with Crippen LogP contribution in [0.5, 0.6) is 0 Å². The molecular weight excluding hydrogens is 264 g/mol. The number of hydrogen-bond acceptors (Lipinski definition) is 0. The van der Waals surface area contributed by atoms with E-state index in [0.29, 0.717) is 0 Å². The zero-order valence-electron chi connectivity index (χ0n) is 3.73. The van der Waals surface area contributed by atoms with Crippen LogP contribution in [0.1, 0.15) is 0 Å². The van der Waals surface area contributed by atoms with Gasteiger partial charge in [-0.1, -0.05) is 0 Å². The molecule has 0 nitrogen and oxygen atoms in total. The van der Waals surface area contributed by atoms with Gasteiger partial charge in [-0.25, -0.2) is 0 Å². The molecule has 0 aromatic carbocycles. The Balaban J connectivity index is -0.00000000167. The predicted octanol–water partition coefficient (Wildman–Crippen LogP) is 2.23. The third-order valence-corrected chi connectivity index (χ3v) is 0. The molecule has 0 saturated heterocycles. The maximum atomic E-state index is 2.32. The van der Waals surface area contributed by atoms with Crippen molar-refractivity contribution in [3.05, 3.63) is 22.3 Å². The van der Waals surface area contributed by atoms with Gasteiger partial charge in [0.2, 0.25) is 0 Å². The monoisotopic (exact) mass is 274 g/mol. The van der Waals surface area contributed by atoms with Crippen LogP contribution >= 0.6 is 19.8 Å². The summed E-state index contributed by atoms with van der Waals surface area (Å²) in [5.41, 5.74) is 0. The molecule has 0 aliphatic carbocycles. The van der Waals surface area contributed by atoms with Gasteiger partial charge < -0.3 is 22.3 Å². The van der Waals surface area contributed by atoms with Gasteiger partial charge in [0.15, 0.2) is 0 Å². The van der Waals surface area contributed by atoms with Crippen molar-refractivity contribution in [1.29, 1.82) is 0 Å². The number of hydrogen-bond donors (Lipinski definition) is 0. The van der Waals surface area contributed by atoms with E-state index in [1.807, 2.05) is 0 Å². The Morgan fingerprint density at radius 2 is 0.800 bits per heavy atom. The third kappa shape index (κ3) is 32.9. The first-order chi connectivity index (χ1) is 1.00. The van der Waals surface area contributed by atoms with E-state index >= 15 is 0 Å². The SMILES string of the molecule is [CH3-].[CH3-].[CH3-].[Ru+3][I]. The maximum absolute atomic E-state index is 2.32. The van der Waals surface area contributed by atoms with Crippen molar-refractivity contribution in [2.45, 2.75) is 0 Å². The molecule has 0 aliphatic heterocycles. The molecule has 0 unspecified atom stereocenters. The zero-order valence-corrected chi connectivity index (χ0v) is 7.63. The molecule has 5 heavy (non-hydrogen) atoms. The van der Waals surface area contributed by atoms with E-state index in [-0.39, 0.29) is 22.3 Å². The molecule has 36 valence electrons. The Morgan fingerprint density at radius 3 is 0.800 bits per heavy atom. The van der Waals surface area contributed by atoms with E-state index in [1.165, 1.54) is 0 Å². The molecule has 0 amide bonds. The fraction of sp³-hybridized carbons (Fsp3) is 0. The van der Waals surface area contributed by atoms with Gasteiger partial charge in [0.05, 0.1) is 0 Å². The van der Waals surface area contributed by atoms with Crippen LogP contribution in [0.2, 0.25) is 0 Å². The van der Waals surface area contributed by atoms with Gasteiger partial charge in [0, 0.05) is 0 Å². The molecule has 0 atom stereocenters. The molecule has 0 saturated carbocycles. The molecule has 0 N–H and O–H groups in total. The molecule has 0 spiro atoms. The van der Waals surface area contributed by atoms with E-state index in [4.69, 9.17) is 0 Å². The first-order valence-electron chi connectivity index (χ1n) is 0.134. The molecule has 2 heteroatoms. The summed E-state index contributed by atoms with van der Waals surface area (Å²) < 4.78 is 0. The summed E-state index contributed by atoms with van der Waals surface area (Å²) in [4.78, 5) is 0. The number of rotatable bonds is 0. The summed E-state index contributed by atoms with van der Waals surface area (Å²) in [6.07, 6.45) is 0. The van der Waals surface area contributed by atoms with E-state index in [9.17, 15) is 0 Å².